The molecule has 0 unspecified atom stereocenters. The summed E-state index contributed by atoms with van der Waals surface area (Å²) in [7, 11) is -4.05. The molecule has 0 spiro atoms. The van der Waals surface area contributed by atoms with Gasteiger partial charge in [-0.15, -0.1) is 11.3 Å². The number of carbonyl (C=O) groups is 2. The van der Waals surface area contributed by atoms with Crippen molar-refractivity contribution in [1.82, 2.24) is 4.72 Å². The second-order valence-electron chi connectivity index (χ2n) is 7.94. The molecular formula is C23H21NO5S2. The van der Waals surface area contributed by atoms with Gasteiger partial charge in [-0.2, -0.15) is 4.72 Å². The van der Waals surface area contributed by atoms with Crippen molar-refractivity contribution in [3.8, 4) is 10.4 Å². The van der Waals surface area contributed by atoms with Crippen LogP contribution in [-0.2, 0) is 20.2 Å². The molecule has 2 atom stereocenters. The van der Waals surface area contributed by atoms with Crippen molar-refractivity contribution in [3.63, 3.8) is 0 Å². The van der Waals surface area contributed by atoms with Crippen molar-refractivity contribution in [2.24, 2.45) is 0 Å². The quantitative estimate of drug-likeness (QED) is 0.523. The lowest BCUT2D eigenvalue weighted by Crippen LogP contribution is -2.47. The molecule has 1 saturated carbocycles. The predicted molar refractivity (Wildman–Crippen MR) is 119 cm³/mol. The maximum atomic E-state index is 13.1. The van der Waals surface area contributed by atoms with Crippen LogP contribution in [-0.4, -0.2) is 30.8 Å². The highest BCUT2D eigenvalue weighted by Crippen LogP contribution is 2.58. The first-order valence-corrected chi connectivity index (χ1v) is 11.9. The van der Waals surface area contributed by atoms with Crippen LogP contribution in [0.15, 0.2) is 70.9 Å². The van der Waals surface area contributed by atoms with Crippen LogP contribution in [0.3, 0.4) is 0 Å². The van der Waals surface area contributed by atoms with Gasteiger partial charge in [-0.1, -0.05) is 61.5 Å². The normalized spacial score (nSPS) is 22.8. The molecule has 31 heavy (non-hydrogen) atoms. The van der Waals surface area contributed by atoms with Crippen molar-refractivity contribution >= 4 is 33.1 Å². The van der Waals surface area contributed by atoms with Crippen LogP contribution in [0, 0.1) is 0 Å². The topological polar surface area (TPSA) is 101 Å². The van der Waals surface area contributed by atoms with Crippen LogP contribution in [0.5, 0.6) is 0 Å². The van der Waals surface area contributed by atoms with E-state index in [0.717, 1.165) is 22.5 Å². The molecular weight excluding hydrogens is 434 g/mol. The Balaban J connectivity index is 1.62. The Morgan fingerprint density at radius 3 is 2.23 bits per heavy atom. The molecule has 3 aromatic rings. The van der Waals surface area contributed by atoms with Crippen molar-refractivity contribution in [2.75, 3.05) is 0 Å². The van der Waals surface area contributed by atoms with E-state index in [2.05, 4.69) is 4.72 Å². The molecule has 0 saturated heterocycles. The molecule has 1 aromatic heterocycles. The van der Waals surface area contributed by atoms with E-state index in [0.29, 0.717) is 10.4 Å². The SMILES string of the molecule is CC(=O)c1ccc(-c2ccc(S(=O)(=O)N[C@@]3(C(=O)O)C[C@]3(C)c3ccccc3)s2)cc1. The molecule has 8 heteroatoms. The monoisotopic (exact) mass is 455 g/mol. The molecule has 1 heterocycles. The van der Waals surface area contributed by atoms with Crippen LogP contribution in [0.25, 0.3) is 10.4 Å². The standard InChI is InChI=1S/C23H21NO5S2/c1-15(25)16-8-10-17(11-9-16)19-12-13-20(30-19)31(28,29)24-23(21(26)27)14-22(23,2)18-6-4-3-5-7-18/h3-13,24H,14H2,1-2H3,(H,26,27)/t22-,23-/m1/s1. The lowest BCUT2D eigenvalue weighted by Gasteiger charge is -2.20. The van der Waals surface area contributed by atoms with Crippen LogP contribution in [0.2, 0.25) is 0 Å². The summed E-state index contributed by atoms with van der Waals surface area (Å²) in [4.78, 5) is 24.3. The van der Waals surface area contributed by atoms with Gasteiger partial charge < -0.3 is 5.11 Å². The first kappa shape index (κ1) is 21.4. The number of hydrogen-bond acceptors (Lipinski definition) is 5. The first-order valence-electron chi connectivity index (χ1n) is 9.63. The Morgan fingerprint density at radius 2 is 1.65 bits per heavy atom. The van der Waals surface area contributed by atoms with E-state index in [1.54, 1.807) is 37.3 Å². The fourth-order valence-electron chi connectivity index (χ4n) is 3.91. The minimum absolute atomic E-state index is 0.0427. The lowest BCUT2D eigenvalue weighted by atomic mass is 9.93. The number of Topliss-reactive ketones (excluding diaryl/α,β-unsaturated/α-hetero) is 1. The van der Waals surface area contributed by atoms with Crippen LogP contribution >= 0.6 is 11.3 Å². The number of rotatable bonds is 7. The zero-order chi connectivity index (χ0) is 22.4. The Bertz CT molecular complexity index is 1260. The van der Waals surface area contributed by atoms with Crippen molar-refractivity contribution in [3.05, 3.63) is 77.9 Å². The molecule has 0 aliphatic heterocycles. The summed E-state index contributed by atoms with van der Waals surface area (Å²) in [6.45, 7) is 3.24. The number of ketones is 1. The van der Waals surface area contributed by atoms with Gasteiger partial charge in [0.2, 0.25) is 0 Å². The Labute approximate surface area is 184 Å². The Hall–Kier alpha value is -2.81. The molecule has 1 aliphatic rings. The molecule has 0 radical (unpaired) electrons. The number of benzene rings is 2. The molecule has 160 valence electrons. The molecule has 4 rings (SSSR count). The van der Waals surface area contributed by atoms with Gasteiger partial charge in [-0.05, 0) is 36.6 Å². The second-order valence-corrected chi connectivity index (χ2v) is 10.9. The number of thiophene rings is 1. The van der Waals surface area contributed by atoms with Gasteiger partial charge in [0.05, 0.1) is 0 Å². The third-order valence-electron chi connectivity index (χ3n) is 5.94. The number of carboxylic acids is 1. The van der Waals surface area contributed by atoms with Gasteiger partial charge in [-0.25, -0.2) is 8.42 Å². The van der Waals surface area contributed by atoms with E-state index in [9.17, 15) is 23.1 Å². The largest absolute Gasteiger partial charge is 0.480 e. The summed E-state index contributed by atoms with van der Waals surface area (Å²) >= 11 is 1.05. The van der Waals surface area contributed by atoms with Gasteiger partial charge in [-0.3, -0.25) is 9.59 Å². The van der Waals surface area contributed by atoms with E-state index in [1.807, 2.05) is 30.3 Å². The maximum absolute atomic E-state index is 13.1. The van der Waals surface area contributed by atoms with Gasteiger partial charge in [0, 0.05) is 15.9 Å². The summed E-state index contributed by atoms with van der Waals surface area (Å²) in [5.41, 5.74) is -0.300. The van der Waals surface area contributed by atoms with E-state index in [1.165, 1.54) is 13.0 Å². The minimum atomic E-state index is -4.05. The number of sulfonamides is 1. The summed E-state index contributed by atoms with van der Waals surface area (Å²) < 4.78 is 28.7. The molecule has 2 aromatic carbocycles. The van der Waals surface area contributed by atoms with E-state index in [-0.39, 0.29) is 16.4 Å². The molecule has 6 nitrogen and oxygen atoms in total. The molecule has 0 amide bonds. The summed E-state index contributed by atoms with van der Waals surface area (Å²) in [5, 5.41) is 9.91. The highest BCUT2D eigenvalue weighted by Gasteiger charge is 2.72. The van der Waals surface area contributed by atoms with Gasteiger partial charge in [0.15, 0.2) is 5.78 Å². The maximum Gasteiger partial charge on any atom is 0.325 e. The number of carboxylic acid groups (broad SMARTS) is 1. The molecule has 2 N–H and O–H groups in total. The van der Waals surface area contributed by atoms with Crippen molar-refractivity contribution in [2.45, 2.75) is 35.4 Å². The molecule has 0 bridgehead atoms. The summed E-state index contributed by atoms with van der Waals surface area (Å²) in [6, 6.07) is 19.1. The third-order valence-corrected chi connectivity index (χ3v) is 9.06. The van der Waals surface area contributed by atoms with Crippen LogP contribution in [0.4, 0.5) is 0 Å². The van der Waals surface area contributed by atoms with Crippen molar-refractivity contribution in [1.29, 1.82) is 0 Å². The average Bonchev–Trinajstić information content (AvgIpc) is 3.11. The van der Waals surface area contributed by atoms with Crippen molar-refractivity contribution < 1.29 is 23.1 Å². The van der Waals surface area contributed by atoms with Gasteiger partial charge >= 0.3 is 5.97 Å². The zero-order valence-electron chi connectivity index (χ0n) is 17.0. The third kappa shape index (κ3) is 3.60. The predicted octanol–water partition coefficient (Wildman–Crippen LogP) is 4.08. The fourth-order valence-corrected chi connectivity index (χ4v) is 6.68. The van der Waals surface area contributed by atoms with E-state index >= 15 is 0 Å². The molecule has 1 fully saturated rings. The highest BCUT2D eigenvalue weighted by molar-refractivity contribution is 7.91. The zero-order valence-corrected chi connectivity index (χ0v) is 18.6. The van der Waals surface area contributed by atoms with E-state index < -0.39 is 26.9 Å². The Morgan fingerprint density at radius 1 is 1.00 bits per heavy atom. The number of carbonyl (C=O) groups excluding carboxylic acids is 1. The lowest BCUT2D eigenvalue weighted by molar-refractivity contribution is -0.140. The number of hydrogen-bond donors (Lipinski definition) is 2. The average molecular weight is 456 g/mol. The second kappa shape index (κ2) is 7.40. The minimum Gasteiger partial charge on any atom is -0.480 e. The molecule has 1 aliphatic carbocycles. The first-order chi connectivity index (χ1) is 14.6. The van der Waals surface area contributed by atoms with E-state index in [4.69, 9.17) is 0 Å². The van der Waals surface area contributed by atoms with Crippen LogP contribution < -0.4 is 4.72 Å². The van der Waals surface area contributed by atoms with Gasteiger partial charge in [0.25, 0.3) is 10.0 Å². The highest BCUT2D eigenvalue weighted by atomic mass is 32.2. The number of nitrogens with one attached hydrogen (secondary N) is 1. The fraction of sp³-hybridized carbons (Fsp3) is 0.217. The number of aliphatic carboxylic acids is 1. The van der Waals surface area contributed by atoms with Crippen LogP contribution in [0.1, 0.15) is 36.2 Å². The Kier molecular flexibility index (Phi) is 5.12. The summed E-state index contributed by atoms with van der Waals surface area (Å²) in [5.74, 6) is -1.24. The smallest absolute Gasteiger partial charge is 0.325 e. The van der Waals surface area contributed by atoms with Gasteiger partial charge in [0.1, 0.15) is 9.75 Å². The summed E-state index contributed by atoms with van der Waals surface area (Å²) in [6.07, 6.45) is 0.170.